The van der Waals surface area contributed by atoms with Crippen molar-refractivity contribution < 1.29 is 9.90 Å². The van der Waals surface area contributed by atoms with Crippen LogP contribution >= 0.6 is 0 Å². The Morgan fingerprint density at radius 1 is 0.682 bits per heavy atom. The molecule has 0 aliphatic heterocycles. The third kappa shape index (κ3) is 6.02. The average molecular weight is 309 g/mol. The zero-order valence-corrected chi connectivity index (χ0v) is 14.5. The van der Waals surface area contributed by atoms with Crippen molar-refractivity contribution in [3.05, 3.63) is 0 Å². The van der Waals surface area contributed by atoms with E-state index in [1.54, 1.807) is 0 Å². The molecule has 2 atom stereocenters. The van der Waals surface area contributed by atoms with E-state index in [0.29, 0.717) is 11.7 Å². The van der Waals surface area contributed by atoms with E-state index >= 15 is 0 Å². The van der Waals surface area contributed by atoms with E-state index in [4.69, 9.17) is 0 Å². The van der Waals surface area contributed by atoms with Gasteiger partial charge in [-0.05, 0) is 44.4 Å². The molecule has 2 fully saturated rings. The second kappa shape index (κ2) is 9.70. The molecular formula is C20H36O2. The van der Waals surface area contributed by atoms with Crippen LogP contribution in [0.25, 0.3) is 0 Å². The van der Waals surface area contributed by atoms with Crippen LogP contribution in [-0.2, 0) is 4.79 Å². The lowest BCUT2D eigenvalue weighted by Crippen LogP contribution is -2.46. The van der Waals surface area contributed by atoms with E-state index < -0.39 is 0 Å². The maximum absolute atomic E-state index is 11.8. The molecule has 2 heteroatoms. The van der Waals surface area contributed by atoms with E-state index in [0.717, 1.165) is 38.5 Å². The number of fused-ring (bicyclic) bond motifs is 1. The maximum atomic E-state index is 11.8. The Kier molecular flexibility index (Phi) is 7.92. The van der Waals surface area contributed by atoms with Crippen molar-refractivity contribution in [1.82, 2.24) is 0 Å². The standard InChI is InChI=1S/C20H36O2/c21-19-13-9-5-1-2-7-11-16-20(22)17-15-18(20)12-8-4-3-6-10-14-19/h18,22H,1-17H2/t18-,20-/m0/s1. The SMILES string of the molecule is O=C1CCCCCCCC[C@]2(O)CC[C@@H]2CCCCCCC1. The minimum atomic E-state index is -0.308. The Bertz CT molecular complexity index is 326. The van der Waals surface area contributed by atoms with Crippen LogP contribution < -0.4 is 0 Å². The molecule has 1 N–H and O–H groups in total. The maximum Gasteiger partial charge on any atom is 0.132 e. The van der Waals surface area contributed by atoms with Gasteiger partial charge in [-0.1, -0.05) is 57.8 Å². The number of Topliss-reactive ketones (excluding diaryl/α,β-unsaturated/α-hetero) is 1. The molecule has 128 valence electrons. The molecule has 0 spiro atoms. The van der Waals surface area contributed by atoms with Crippen LogP contribution in [0.1, 0.15) is 109 Å². The number of carbonyl (C=O) groups excluding carboxylic acids is 1. The summed E-state index contributed by atoms with van der Waals surface area (Å²) in [5.41, 5.74) is -0.308. The minimum absolute atomic E-state index is 0.308. The van der Waals surface area contributed by atoms with Crippen molar-refractivity contribution in [3.8, 4) is 0 Å². The van der Waals surface area contributed by atoms with Crippen molar-refractivity contribution in [2.45, 2.75) is 115 Å². The van der Waals surface area contributed by atoms with E-state index in [-0.39, 0.29) is 5.60 Å². The Labute approximate surface area is 137 Å². The van der Waals surface area contributed by atoms with Gasteiger partial charge >= 0.3 is 0 Å². The highest BCUT2D eigenvalue weighted by Crippen LogP contribution is 2.45. The first-order chi connectivity index (χ1) is 10.7. The molecule has 0 radical (unpaired) electrons. The minimum Gasteiger partial charge on any atom is -0.390 e. The summed E-state index contributed by atoms with van der Waals surface area (Å²) in [6, 6.07) is 0. The number of hydrogen-bond acceptors (Lipinski definition) is 2. The van der Waals surface area contributed by atoms with Crippen molar-refractivity contribution in [3.63, 3.8) is 0 Å². The summed E-state index contributed by atoms with van der Waals surface area (Å²) >= 11 is 0. The number of aliphatic hydroxyl groups is 1. The first-order valence-electron chi connectivity index (χ1n) is 9.95. The summed E-state index contributed by atoms with van der Waals surface area (Å²) in [5.74, 6) is 1.06. The first-order valence-corrected chi connectivity index (χ1v) is 9.95. The van der Waals surface area contributed by atoms with Gasteiger partial charge in [-0.2, -0.15) is 0 Å². The van der Waals surface area contributed by atoms with Crippen molar-refractivity contribution in [1.29, 1.82) is 0 Å². The molecule has 2 rings (SSSR count). The lowest BCUT2D eigenvalue weighted by molar-refractivity contribution is -0.119. The summed E-state index contributed by atoms with van der Waals surface area (Å²) in [5, 5.41) is 10.7. The Morgan fingerprint density at radius 3 is 1.82 bits per heavy atom. The molecule has 2 aliphatic carbocycles. The lowest BCUT2D eigenvalue weighted by atomic mass is 9.65. The summed E-state index contributed by atoms with van der Waals surface area (Å²) in [6.45, 7) is 0. The zero-order chi connectivity index (χ0) is 15.7. The molecule has 0 aromatic rings. The Balaban J connectivity index is 1.71. The molecule has 0 heterocycles. The summed E-state index contributed by atoms with van der Waals surface area (Å²) in [6.07, 6.45) is 19.5. The van der Waals surface area contributed by atoms with Crippen LogP contribution in [0.3, 0.4) is 0 Å². The number of carbonyl (C=O) groups is 1. The number of hydrogen-bond donors (Lipinski definition) is 1. The Hall–Kier alpha value is -0.370. The van der Waals surface area contributed by atoms with E-state index in [1.165, 1.54) is 70.6 Å². The van der Waals surface area contributed by atoms with Gasteiger partial charge in [-0.15, -0.1) is 0 Å². The highest BCUT2D eigenvalue weighted by molar-refractivity contribution is 5.78. The van der Waals surface area contributed by atoms with Gasteiger partial charge in [0.05, 0.1) is 5.60 Å². The van der Waals surface area contributed by atoms with Gasteiger partial charge in [0.15, 0.2) is 0 Å². The largest absolute Gasteiger partial charge is 0.390 e. The smallest absolute Gasteiger partial charge is 0.132 e. The van der Waals surface area contributed by atoms with E-state index in [9.17, 15) is 9.90 Å². The monoisotopic (exact) mass is 308 g/mol. The van der Waals surface area contributed by atoms with Gasteiger partial charge in [0, 0.05) is 12.8 Å². The van der Waals surface area contributed by atoms with Crippen LogP contribution in [0.15, 0.2) is 0 Å². The van der Waals surface area contributed by atoms with Gasteiger partial charge < -0.3 is 5.11 Å². The van der Waals surface area contributed by atoms with Gasteiger partial charge in [-0.3, -0.25) is 4.79 Å². The third-order valence-electron chi connectivity index (χ3n) is 6.01. The molecule has 0 unspecified atom stereocenters. The topological polar surface area (TPSA) is 37.3 Å². The molecule has 0 amide bonds. The normalized spacial score (nSPS) is 34.0. The summed E-state index contributed by atoms with van der Waals surface area (Å²) < 4.78 is 0. The number of ketones is 1. The van der Waals surface area contributed by atoms with Crippen molar-refractivity contribution in [2.24, 2.45) is 5.92 Å². The third-order valence-corrected chi connectivity index (χ3v) is 6.01. The van der Waals surface area contributed by atoms with Gasteiger partial charge in [0.1, 0.15) is 5.78 Å². The molecule has 0 saturated heterocycles. The van der Waals surface area contributed by atoms with Crippen LogP contribution in [0.2, 0.25) is 0 Å². The Morgan fingerprint density at radius 2 is 1.23 bits per heavy atom. The van der Waals surface area contributed by atoms with Crippen LogP contribution in [0, 0.1) is 5.92 Å². The van der Waals surface area contributed by atoms with E-state index in [2.05, 4.69) is 0 Å². The quantitative estimate of drug-likeness (QED) is 0.636. The molecule has 2 saturated carbocycles. The first kappa shape index (κ1) is 18.0. The van der Waals surface area contributed by atoms with Crippen LogP contribution in [0.4, 0.5) is 0 Å². The number of rotatable bonds is 0. The van der Waals surface area contributed by atoms with Crippen molar-refractivity contribution >= 4 is 5.78 Å². The zero-order valence-electron chi connectivity index (χ0n) is 14.5. The highest BCUT2D eigenvalue weighted by Gasteiger charge is 2.43. The fourth-order valence-electron chi connectivity index (χ4n) is 4.25. The molecular weight excluding hydrogens is 272 g/mol. The predicted molar refractivity (Wildman–Crippen MR) is 91.9 cm³/mol. The fourth-order valence-corrected chi connectivity index (χ4v) is 4.25. The predicted octanol–water partition coefficient (Wildman–Crippen LogP) is 5.56. The molecule has 22 heavy (non-hydrogen) atoms. The van der Waals surface area contributed by atoms with E-state index in [1.807, 2.05) is 0 Å². The highest BCUT2D eigenvalue weighted by atomic mass is 16.3. The van der Waals surface area contributed by atoms with Crippen LogP contribution in [-0.4, -0.2) is 16.5 Å². The average Bonchev–Trinajstić information content (AvgIpc) is 2.50. The van der Waals surface area contributed by atoms with Crippen molar-refractivity contribution in [2.75, 3.05) is 0 Å². The molecule has 2 nitrogen and oxygen atoms in total. The second-order valence-corrected chi connectivity index (χ2v) is 7.81. The summed E-state index contributed by atoms with van der Waals surface area (Å²) in [4.78, 5) is 11.8. The lowest BCUT2D eigenvalue weighted by Gasteiger charge is -2.46. The molecule has 0 aromatic carbocycles. The van der Waals surface area contributed by atoms with Gasteiger partial charge in [0.25, 0.3) is 0 Å². The molecule has 0 bridgehead atoms. The summed E-state index contributed by atoms with van der Waals surface area (Å²) in [7, 11) is 0. The van der Waals surface area contributed by atoms with Gasteiger partial charge in [0.2, 0.25) is 0 Å². The molecule has 0 aromatic heterocycles. The van der Waals surface area contributed by atoms with Gasteiger partial charge in [-0.25, -0.2) is 0 Å². The second-order valence-electron chi connectivity index (χ2n) is 7.81. The van der Waals surface area contributed by atoms with Crippen LogP contribution in [0.5, 0.6) is 0 Å². The molecule has 2 aliphatic rings. The fraction of sp³-hybridized carbons (Fsp3) is 0.950.